The molecule has 2 nitrogen and oxygen atoms in total. The maximum Gasteiger partial charge on any atom is 0.0124 e. The molecule has 0 spiro atoms. The SMILES string of the molecule is CC1CCCN2C(CC3CCC4CCCN4C3)CCCCC12. The van der Waals surface area contributed by atoms with Gasteiger partial charge in [-0.3, -0.25) is 4.90 Å². The monoisotopic (exact) mass is 304 g/mol. The molecule has 0 radical (unpaired) electrons. The molecule has 4 aliphatic rings. The molecule has 0 aromatic rings. The van der Waals surface area contributed by atoms with Crippen molar-refractivity contribution in [3.63, 3.8) is 0 Å². The third-order valence-corrected chi connectivity index (χ3v) is 7.42. The molecule has 0 bridgehead atoms. The average Bonchev–Trinajstić information content (AvgIpc) is 2.89. The van der Waals surface area contributed by atoms with E-state index in [1.54, 1.807) is 0 Å². The fourth-order valence-electron chi connectivity index (χ4n) is 6.23. The van der Waals surface area contributed by atoms with Gasteiger partial charge >= 0.3 is 0 Å². The Morgan fingerprint density at radius 2 is 1.68 bits per heavy atom. The summed E-state index contributed by atoms with van der Waals surface area (Å²) in [5, 5.41) is 0. The molecule has 4 heterocycles. The van der Waals surface area contributed by atoms with Crippen LogP contribution in [0, 0.1) is 11.8 Å². The number of fused-ring (bicyclic) bond motifs is 2. The predicted octanol–water partition coefficient (Wildman–Crippen LogP) is 4.29. The van der Waals surface area contributed by atoms with Crippen molar-refractivity contribution in [2.45, 2.75) is 95.7 Å². The van der Waals surface area contributed by atoms with Crippen molar-refractivity contribution >= 4 is 0 Å². The van der Waals surface area contributed by atoms with E-state index in [1.807, 2.05) is 0 Å². The van der Waals surface area contributed by atoms with Crippen molar-refractivity contribution in [2.75, 3.05) is 19.6 Å². The third kappa shape index (κ3) is 3.11. The lowest BCUT2D eigenvalue weighted by molar-refractivity contribution is 0.0378. The molecule has 0 saturated carbocycles. The highest BCUT2D eigenvalue weighted by Gasteiger charge is 2.37. The van der Waals surface area contributed by atoms with E-state index in [4.69, 9.17) is 0 Å². The summed E-state index contributed by atoms with van der Waals surface area (Å²) in [7, 11) is 0. The molecule has 4 saturated heterocycles. The van der Waals surface area contributed by atoms with E-state index in [9.17, 15) is 0 Å². The van der Waals surface area contributed by atoms with Crippen LogP contribution in [0.25, 0.3) is 0 Å². The summed E-state index contributed by atoms with van der Waals surface area (Å²) in [5.74, 6) is 1.94. The average molecular weight is 305 g/mol. The van der Waals surface area contributed by atoms with Crippen molar-refractivity contribution in [1.29, 1.82) is 0 Å². The van der Waals surface area contributed by atoms with Crippen LogP contribution in [0.15, 0.2) is 0 Å². The first-order valence-electron chi connectivity index (χ1n) is 10.3. The first kappa shape index (κ1) is 15.4. The second kappa shape index (κ2) is 6.81. The number of rotatable bonds is 2. The van der Waals surface area contributed by atoms with Gasteiger partial charge in [0.05, 0.1) is 0 Å². The van der Waals surface area contributed by atoms with E-state index >= 15 is 0 Å². The summed E-state index contributed by atoms with van der Waals surface area (Å²) >= 11 is 0. The molecule has 126 valence electrons. The molecule has 4 aliphatic heterocycles. The number of nitrogens with zero attached hydrogens (tertiary/aromatic N) is 2. The number of piperidine rings is 2. The summed E-state index contributed by atoms with van der Waals surface area (Å²) in [4.78, 5) is 5.82. The zero-order valence-electron chi connectivity index (χ0n) is 14.7. The summed E-state index contributed by atoms with van der Waals surface area (Å²) in [5.41, 5.74) is 0. The Bertz CT molecular complexity index is 369. The lowest BCUT2D eigenvalue weighted by Gasteiger charge is -2.45. The highest BCUT2D eigenvalue weighted by atomic mass is 15.2. The highest BCUT2D eigenvalue weighted by molar-refractivity contribution is 4.92. The number of hydrogen-bond donors (Lipinski definition) is 0. The van der Waals surface area contributed by atoms with E-state index in [-0.39, 0.29) is 0 Å². The summed E-state index contributed by atoms with van der Waals surface area (Å²) in [6.45, 7) is 6.75. The van der Waals surface area contributed by atoms with E-state index < -0.39 is 0 Å². The zero-order valence-corrected chi connectivity index (χ0v) is 14.7. The fourth-order valence-corrected chi connectivity index (χ4v) is 6.23. The van der Waals surface area contributed by atoms with Crippen LogP contribution in [0.3, 0.4) is 0 Å². The van der Waals surface area contributed by atoms with Gasteiger partial charge in [-0.05, 0) is 82.7 Å². The Hall–Kier alpha value is -0.0800. The first-order valence-corrected chi connectivity index (χ1v) is 10.3. The van der Waals surface area contributed by atoms with Crippen LogP contribution in [-0.4, -0.2) is 47.6 Å². The van der Waals surface area contributed by atoms with Crippen LogP contribution in [0.4, 0.5) is 0 Å². The smallest absolute Gasteiger partial charge is 0.0124 e. The van der Waals surface area contributed by atoms with Gasteiger partial charge in [-0.1, -0.05) is 19.8 Å². The van der Waals surface area contributed by atoms with Crippen molar-refractivity contribution in [1.82, 2.24) is 9.80 Å². The lowest BCUT2D eigenvalue weighted by Crippen LogP contribution is -2.50. The zero-order chi connectivity index (χ0) is 14.9. The molecule has 0 aliphatic carbocycles. The van der Waals surface area contributed by atoms with Gasteiger partial charge in [-0.15, -0.1) is 0 Å². The van der Waals surface area contributed by atoms with Crippen molar-refractivity contribution in [3.05, 3.63) is 0 Å². The highest BCUT2D eigenvalue weighted by Crippen LogP contribution is 2.37. The molecule has 5 unspecified atom stereocenters. The normalized spacial score (nSPS) is 44.3. The van der Waals surface area contributed by atoms with E-state index in [0.717, 1.165) is 30.0 Å². The van der Waals surface area contributed by atoms with Gasteiger partial charge in [0.25, 0.3) is 0 Å². The third-order valence-electron chi connectivity index (χ3n) is 7.42. The molecule has 2 heteroatoms. The van der Waals surface area contributed by atoms with Gasteiger partial charge in [0.2, 0.25) is 0 Å². The van der Waals surface area contributed by atoms with Crippen LogP contribution >= 0.6 is 0 Å². The Morgan fingerprint density at radius 1 is 0.818 bits per heavy atom. The van der Waals surface area contributed by atoms with Crippen molar-refractivity contribution < 1.29 is 0 Å². The molecule has 0 amide bonds. The largest absolute Gasteiger partial charge is 0.300 e. The van der Waals surface area contributed by atoms with Crippen LogP contribution in [-0.2, 0) is 0 Å². The second-order valence-corrected chi connectivity index (χ2v) is 8.83. The van der Waals surface area contributed by atoms with Gasteiger partial charge in [-0.25, -0.2) is 0 Å². The molecule has 0 aromatic heterocycles. The molecular weight excluding hydrogens is 268 g/mol. The van der Waals surface area contributed by atoms with Gasteiger partial charge in [0.15, 0.2) is 0 Å². The van der Waals surface area contributed by atoms with Gasteiger partial charge < -0.3 is 4.90 Å². The minimum absolute atomic E-state index is 0.916. The maximum absolute atomic E-state index is 2.98. The van der Waals surface area contributed by atoms with Crippen molar-refractivity contribution in [3.8, 4) is 0 Å². The Morgan fingerprint density at radius 3 is 2.64 bits per heavy atom. The van der Waals surface area contributed by atoms with E-state index in [2.05, 4.69) is 16.7 Å². The molecule has 4 fully saturated rings. The molecule has 0 N–H and O–H groups in total. The van der Waals surface area contributed by atoms with E-state index in [1.165, 1.54) is 90.3 Å². The molecule has 22 heavy (non-hydrogen) atoms. The van der Waals surface area contributed by atoms with Crippen LogP contribution in [0.1, 0.15) is 77.6 Å². The Balaban J connectivity index is 1.40. The lowest BCUT2D eigenvalue weighted by atomic mass is 9.84. The van der Waals surface area contributed by atoms with Gasteiger partial charge in [0, 0.05) is 24.7 Å². The standard InChI is InChI=1S/C20H36N2/c1-16-6-4-13-22-19(7-2-3-9-20(16)22)14-17-10-11-18-8-5-12-21(18)15-17/h16-20H,2-15H2,1H3. The minimum Gasteiger partial charge on any atom is -0.300 e. The topological polar surface area (TPSA) is 6.48 Å². The predicted molar refractivity (Wildman–Crippen MR) is 93.1 cm³/mol. The van der Waals surface area contributed by atoms with E-state index in [0.29, 0.717) is 0 Å². The van der Waals surface area contributed by atoms with Crippen LogP contribution < -0.4 is 0 Å². The van der Waals surface area contributed by atoms with Gasteiger partial charge in [-0.2, -0.15) is 0 Å². The quantitative estimate of drug-likeness (QED) is 0.751. The second-order valence-electron chi connectivity index (χ2n) is 8.83. The Kier molecular flexibility index (Phi) is 4.78. The van der Waals surface area contributed by atoms with Gasteiger partial charge in [0.1, 0.15) is 0 Å². The molecular formula is C20H36N2. The van der Waals surface area contributed by atoms with Crippen molar-refractivity contribution in [2.24, 2.45) is 11.8 Å². The minimum atomic E-state index is 0.916. The number of hydrogen-bond acceptors (Lipinski definition) is 2. The summed E-state index contributed by atoms with van der Waals surface area (Å²) in [6.07, 6.45) is 16.4. The summed E-state index contributed by atoms with van der Waals surface area (Å²) in [6, 6.07) is 2.80. The van der Waals surface area contributed by atoms with Crippen LogP contribution in [0.5, 0.6) is 0 Å². The van der Waals surface area contributed by atoms with Crippen LogP contribution in [0.2, 0.25) is 0 Å². The molecule has 4 rings (SSSR count). The summed E-state index contributed by atoms with van der Waals surface area (Å²) < 4.78 is 0. The fraction of sp³-hybridized carbons (Fsp3) is 1.00. The Labute approximate surface area is 137 Å². The molecule has 0 aromatic carbocycles. The first-order chi connectivity index (χ1) is 10.8. The maximum atomic E-state index is 2.98. The molecule has 5 atom stereocenters.